The summed E-state index contributed by atoms with van der Waals surface area (Å²) in [7, 11) is 0. The van der Waals surface area contributed by atoms with E-state index in [0.29, 0.717) is 10.9 Å². The Kier molecular flexibility index (Phi) is 3.18. The largest absolute Gasteiger partial charge is 0.299 e. The Bertz CT molecular complexity index is 270. The van der Waals surface area contributed by atoms with Crippen molar-refractivity contribution in [2.45, 2.75) is 51.4 Å². The van der Waals surface area contributed by atoms with E-state index in [9.17, 15) is 0 Å². The van der Waals surface area contributed by atoms with Crippen LogP contribution in [-0.4, -0.2) is 16.7 Å². The number of hydrogen-bond acceptors (Lipinski definition) is 2. The fourth-order valence-corrected chi connectivity index (χ4v) is 4.41. The summed E-state index contributed by atoms with van der Waals surface area (Å²) in [5.74, 6) is 2.87. The fraction of sp³-hybridized carbons (Fsp3) is 0.846. The smallest absolute Gasteiger partial charge is 0.0569 e. The Morgan fingerprint density at radius 3 is 2.73 bits per heavy atom. The van der Waals surface area contributed by atoms with Gasteiger partial charge in [-0.15, -0.1) is 11.8 Å². The molecule has 0 aromatic heterocycles. The Hall–Kier alpha value is 0.0500. The van der Waals surface area contributed by atoms with Crippen LogP contribution < -0.4 is 5.32 Å². The van der Waals surface area contributed by atoms with E-state index < -0.39 is 0 Å². The molecule has 1 nitrogen and oxygen atoms in total. The molecule has 1 saturated heterocycles. The van der Waals surface area contributed by atoms with Crippen LogP contribution in [0.15, 0.2) is 11.6 Å². The maximum absolute atomic E-state index is 3.78. The highest BCUT2D eigenvalue weighted by atomic mass is 32.2. The Labute approximate surface area is 98.1 Å². The van der Waals surface area contributed by atoms with E-state index in [1.54, 1.807) is 5.57 Å². The second kappa shape index (κ2) is 4.14. The van der Waals surface area contributed by atoms with Crippen molar-refractivity contribution in [3.8, 4) is 0 Å². The number of nitrogens with one attached hydrogen (secondary N) is 1. The SMILES string of the molecule is CC1=CC(C)CC(C2NC(C)(C)CS2)C1. The van der Waals surface area contributed by atoms with Crippen LogP contribution in [0.2, 0.25) is 0 Å². The minimum Gasteiger partial charge on any atom is -0.299 e. The zero-order valence-electron chi connectivity index (χ0n) is 10.3. The highest BCUT2D eigenvalue weighted by molar-refractivity contribution is 8.00. The van der Waals surface area contributed by atoms with E-state index in [0.717, 1.165) is 11.8 Å². The molecule has 1 N–H and O–H groups in total. The summed E-state index contributed by atoms with van der Waals surface area (Å²) in [6.45, 7) is 9.26. The highest BCUT2D eigenvalue weighted by Gasteiger charge is 2.36. The lowest BCUT2D eigenvalue weighted by Crippen LogP contribution is -2.42. The van der Waals surface area contributed by atoms with E-state index in [2.05, 4.69) is 50.8 Å². The quantitative estimate of drug-likeness (QED) is 0.686. The molecule has 15 heavy (non-hydrogen) atoms. The first kappa shape index (κ1) is 11.5. The van der Waals surface area contributed by atoms with E-state index in [1.165, 1.54) is 18.6 Å². The first-order chi connectivity index (χ1) is 6.96. The molecule has 2 aliphatic rings. The lowest BCUT2D eigenvalue weighted by Gasteiger charge is -2.31. The second-order valence-electron chi connectivity index (χ2n) is 5.95. The van der Waals surface area contributed by atoms with Crippen LogP contribution in [0.4, 0.5) is 0 Å². The maximum atomic E-state index is 3.78. The van der Waals surface area contributed by atoms with Gasteiger partial charge in [0.25, 0.3) is 0 Å². The van der Waals surface area contributed by atoms with Crippen molar-refractivity contribution in [1.29, 1.82) is 0 Å². The number of hydrogen-bond donors (Lipinski definition) is 1. The van der Waals surface area contributed by atoms with Crippen molar-refractivity contribution >= 4 is 11.8 Å². The molecule has 1 aliphatic carbocycles. The van der Waals surface area contributed by atoms with Crippen molar-refractivity contribution < 1.29 is 0 Å². The van der Waals surface area contributed by atoms with Crippen molar-refractivity contribution in [1.82, 2.24) is 5.32 Å². The minimum absolute atomic E-state index is 0.341. The maximum Gasteiger partial charge on any atom is 0.0569 e. The minimum atomic E-state index is 0.341. The molecular formula is C13H23NS. The Morgan fingerprint density at radius 2 is 2.20 bits per heavy atom. The zero-order valence-corrected chi connectivity index (χ0v) is 11.2. The highest BCUT2D eigenvalue weighted by Crippen LogP contribution is 2.38. The van der Waals surface area contributed by atoms with Gasteiger partial charge in [-0.05, 0) is 45.4 Å². The zero-order chi connectivity index (χ0) is 11.1. The summed E-state index contributed by atoms with van der Waals surface area (Å²) in [6.07, 6.45) is 5.10. The molecule has 0 aromatic carbocycles. The van der Waals surface area contributed by atoms with Gasteiger partial charge in [-0.1, -0.05) is 18.6 Å². The average molecular weight is 225 g/mol. The topological polar surface area (TPSA) is 12.0 Å². The van der Waals surface area contributed by atoms with E-state index in [-0.39, 0.29) is 0 Å². The molecule has 3 unspecified atom stereocenters. The van der Waals surface area contributed by atoms with Crippen LogP contribution in [0.5, 0.6) is 0 Å². The summed E-state index contributed by atoms with van der Waals surface area (Å²) in [5.41, 5.74) is 1.93. The molecule has 0 aromatic rings. The summed E-state index contributed by atoms with van der Waals surface area (Å²) in [5, 5.41) is 4.46. The lowest BCUT2D eigenvalue weighted by molar-refractivity contribution is 0.326. The molecule has 86 valence electrons. The molecule has 2 heteroatoms. The van der Waals surface area contributed by atoms with Crippen LogP contribution >= 0.6 is 11.8 Å². The molecule has 0 radical (unpaired) electrons. The molecule has 1 fully saturated rings. The van der Waals surface area contributed by atoms with Crippen LogP contribution in [0.3, 0.4) is 0 Å². The van der Waals surface area contributed by atoms with Gasteiger partial charge in [0.1, 0.15) is 0 Å². The lowest BCUT2D eigenvalue weighted by atomic mass is 9.83. The van der Waals surface area contributed by atoms with E-state index in [1.807, 2.05) is 0 Å². The normalized spacial score (nSPS) is 40.3. The Balaban J connectivity index is 1.99. The molecular weight excluding hydrogens is 202 g/mol. The van der Waals surface area contributed by atoms with Crippen LogP contribution in [-0.2, 0) is 0 Å². The molecule has 1 heterocycles. The summed E-state index contributed by atoms with van der Waals surface area (Å²) < 4.78 is 0. The molecule has 0 bridgehead atoms. The summed E-state index contributed by atoms with van der Waals surface area (Å²) in [6, 6.07) is 0. The molecule has 3 atom stereocenters. The van der Waals surface area contributed by atoms with Crippen LogP contribution in [0.25, 0.3) is 0 Å². The monoisotopic (exact) mass is 225 g/mol. The summed E-state index contributed by atoms with van der Waals surface area (Å²) in [4.78, 5) is 0. The van der Waals surface area contributed by atoms with Gasteiger partial charge < -0.3 is 0 Å². The van der Waals surface area contributed by atoms with Gasteiger partial charge in [0, 0.05) is 11.3 Å². The van der Waals surface area contributed by atoms with Gasteiger partial charge in [-0.2, -0.15) is 0 Å². The van der Waals surface area contributed by atoms with Crippen LogP contribution in [0.1, 0.15) is 40.5 Å². The van der Waals surface area contributed by atoms with Crippen LogP contribution in [0, 0.1) is 11.8 Å². The van der Waals surface area contributed by atoms with E-state index >= 15 is 0 Å². The standard InChI is InChI=1S/C13H23NS/c1-9-5-10(2)7-11(6-9)12-14-13(3,4)8-15-12/h5,9,11-12,14H,6-8H2,1-4H3. The average Bonchev–Trinajstić information content (AvgIpc) is 2.44. The Morgan fingerprint density at radius 1 is 1.47 bits per heavy atom. The number of thioether (sulfide) groups is 1. The van der Waals surface area contributed by atoms with Crippen molar-refractivity contribution in [3.63, 3.8) is 0 Å². The predicted octanol–water partition coefficient (Wildman–Crippen LogP) is 3.42. The third-order valence-corrected chi connectivity index (χ3v) is 5.16. The van der Waals surface area contributed by atoms with Crippen molar-refractivity contribution in [2.24, 2.45) is 11.8 Å². The fourth-order valence-electron chi connectivity index (χ4n) is 2.85. The second-order valence-corrected chi connectivity index (χ2v) is 7.08. The van der Waals surface area contributed by atoms with Gasteiger partial charge in [0.15, 0.2) is 0 Å². The third kappa shape index (κ3) is 2.79. The molecule has 0 amide bonds. The third-order valence-electron chi connectivity index (χ3n) is 3.41. The summed E-state index contributed by atoms with van der Waals surface area (Å²) >= 11 is 2.12. The van der Waals surface area contributed by atoms with E-state index in [4.69, 9.17) is 0 Å². The molecule has 2 rings (SSSR count). The first-order valence-electron chi connectivity index (χ1n) is 6.03. The van der Waals surface area contributed by atoms with Gasteiger partial charge in [0.2, 0.25) is 0 Å². The molecule has 1 aliphatic heterocycles. The van der Waals surface area contributed by atoms with Gasteiger partial charge >= 0.3 is 0 Å². The van der Waals surface area contributed by atoms with Gasteiger partial charge in [0.05, 0.1) is 5.37 Å². The first-order valence-corrected chi connectivity index (χ1v) is 7.08. The van der Waals surface area contributed by atoms with Gasteiger partial charge in [-0.25, -0.2) is 0 Å². The molecule has 0 spiro atoms. The predicted molar refractivity (Wildman–Crippen MR) is 69.1 cm³/mol. The number of allylic oxidation sites excluding steroid dienone is 2. The van der Waals surface area contributed by atoms with Gasteiger partial charge in [-0.3, -0.25) is 5.32 Å². The molecule has 0 saturated carbocycles. The van der Waals surface area contributed by atoms with Crippen molar-refractivity contribution in [3.05, 3.63) is 11.6 Å². The van der Waals surface area contributed by atoms with Crippen molar-refractivity contribution in [2.75, 3.05) is 5.75 Å². The number of rotatable bonds is 1.